The third-order valence-corrected chi connectivity index (χ3v) is 2.32. The first-order chi connectivity index (χ1) is 8.75. The third-order valence-electron chi connectivity index (χ3n) is 2.32. The summed E-state index contributed by atoms with van der Waals surface area (Å²) < 4.78 is 10.3. The van der Waals surface area contributed by atoms with Gasteiger partial charge in [0.05, 0.1) is 18.4 Å². The number of carbonyl (C=O) groups excluding carboxylic acids is 1. The molecule has 94 valence electrons. The van der Waals surface area contributed by atoms with Crippen LogP contribution in [0.5, 0.6) is 5.75 Å². The molecule has 3 N–H and O–H groups in total. The molecule has 0 aliphatic carbocycles. The van der Waals surface area contributed by atoms with Crippen LogP contribution in [0.15, 0.2) is 47.3 Å². The van der Waals surface area contributed by atoms with Gasteiger partial charge >= 0.3 is 0 Å². The number of nitrogen functional groups attached to an aromatic ring is 1. The molecule has 1 amide bonds. The molecule has 1 aromatic heterocycles. The minimum absolute atomic E-state index is 0.176. The summed E-state index contributed by atoms with van der Waals surface area (Å²) in [6, 6.07) is 8.70. The van der Waals surface area contributed by atoms with Crippen molar-refractivity contribution in [3.05, 3.63) is 48.4 Å². The number of nitrogens with two attached hydrogens (primary N) is 1. The van der Waals surface area contributed by atoms with E-state index in [2.05, 4.69) is 5.32 Å². The van der Waals surface area contributed by atoms with Crippen LogP contribution in [0.4, 0.5) is 5.69 Å². The highest BCUT2D eigenvalue weighted by Crippen LogP contribution is 2.12. The van der Waals surface area contributed by atoms with Crippen molar-refractivity contribution < 1.29 is 13.9 Å². The lowest BCUT2D eigenvalue weighted by molar-refractivity contribution is 0.0946. The van der Waals surface area contributed by atoms with Crippen LogP contribution in [0.1, 0.15) is 10.4 Å². The van der Waals surface area contributed by atoms with E-state index >= 15 is 0 Å². The van der Waals surface area contributed by atoms with Gasteiger partial charge in [0.25, 0.3) is 5.91 Å². The maximum absolute atomic E-state index is 11.5. The highest BCUT2D eigenvalue weighted by molar-refractivity contribution is 5.93. The van der Waals surface area contributed by atoms with Gasteiger partial charge in [0.15, 0.2) is 0 Å². The average Bonchev–Trinajstić information content (AvgIpc) is 2.90. The Morgan fingerprint density at radius 1 is 1.28 bits per heavy atom. The summed E-state index contributed by atoms with van der Waals surface area (Å²) in [5, 5.41) is 2.72. The molecule has 0 spiro atoms. The van der Waals surface area contributed by atoms with Gasteiger partial charge in [-0.05, 0) is 30.3 Å². The van der Waals surface area contributed by atoms with Crippen molar-refractivity contribution in [2.75, 3.05) is 18.9 Å². The number of rotatable bonds is 5. The van der Waals surface area contributed by atoms with E-state index in [1.54, 1.807) is 30.3 Å². The molecule has 0 atom stereocenters. The molecular weight excluding hydrogens is 232 g/mol. The minimum atomic E-state index is -0.176. The molecule has 0 radical (unpaired) electrons. The first kappa shape index (κ1) is 12.0. The smallest absolute Gasteiger partial charge is 0.254 e. The minimum Gasteiger partial charge on any atom is -0.492 e. The zero-order valence-electron chi connectivity index (χ0n) is 9.76. The van der Waals surface area contributed by atoms with Gasteiger partial charge in [-0.2, -0.15) is 0 Å². The second-order valence-corrected chi connectivity index (χ2v) is 3.69. The Hall–Kier alpha value is -2.43. The molecule has 0 aliphatic rings. The summed E-state index contributed by atoms with van der Waals surface area (Å²) >= 11 is 0. The number of hydrogen-bond donors (Lipinski definition) is 2. The van der Waals surface area contributed by atoms with E-state index in [-0.39, 0.29) is 5.91 Å². The van der Waals surface area contributed by atoms with Crippen molar-refractivity contribution in [3.63, 3.8) is 0 Å². The molecule has 1 aromatic carbocycles. The maximum Gasteiger partial charge on any atom is 0.254 e. The number of carbonyl (C=O) groups is 1. The molecule has 0 bridgehead atoms. The molecule has 18 heavy (non-hydrogen) atoms. The van der Waals surface area contributed by atoms with E-state index in [9.17, 15) is 4.79 Å². The van der Waals surface area contributed by atoms with E-state index in [1.807, 2.05) is 0 Å². The number of hydrogen-bond acceptors (Lipinski definition) is 4. The number of ether oxygens (including phenoxy) is 1. The summed E-state index contributed by atoms with van der Waals surface area (Å²) in [6.45, 7) is 0.821. The molecule has 0 saturated carbocycles. The summed E-state index contributed by atoms with van der Waals surface area (Å²) in [5.74, 6) is 0.548. The van der Waals surface area contributed by atoms with Gasteiger partial charge in [-0.25, -0.2) is 0 Å². The van der Waals surface area contributed by atoms with Crippen LogP contribution in [0.2, 0.25) is 0 Å². The summed E-state index contributed by atoms with van der Waals surface area (Å²) in [4.78, 5) is 11.5. The molecular formula is C13H14N2O3. The highest BCUT2D eigenvalue weighted by Gasteiger charge is 2.05. The van der Waals surface area contributed by atoms with Gasteiger partial charge in [-0.15, -0.1) is 0 Å². The van der Waals surface area contributed by atoms with Gasteiger partial charge < -0.3 is 20.2 Å². The average molecular weight is 246 g/mol. The van der Waals surface area contributed by atoms with Gasteiger partial charge in [-0.3, -0.25) is 4.79 Å². The number of amides is 1. The summed E-state index contributed by atoms with van der Waals surface area (Å²) in [5.41, 5.74) is 6.75. The second-order valence-electron chi connectivity index (χ2n) is 3.69. The van der Waals surface area contributed by atoms with Crippen molar-refractivity contribution in [2.24, 2.45) is 0 Å². The Morgan fingerprint density at radius 3 is 2.72 bits per heavy atom. The van der Waals surface area contributed by atoms with Crippen molar-refractivity contribution in [3.8, 4) is 5.75 Å². The third kappa shape index (κ3) is 3.28. The van der Waals surface area contributed by atoms with E-state index < -0.39 is 0 Å². The van der Waals surface area contributed by atoms with Gasteiger partial charge in [0.2, 0.25) is 0 Å². The van der Waals surface area contributed by atoms with Crippen molar-refractivity contribution in [1.29, 1.82) is 0 Å². The predicted molar refractivity (Wildman–Crippen MR) is 67.4 cm³/mol. The van der Waals surface area contributed by atoms with Crippen LogP contribution in [0, 0.1) is 0 Å². The quantitative estimate of drug-likeness (QED) is 0.621. The number of benzene rings is 1. The Labute approximate surface area is 105 Å². The topological polar surface area (TPSA) is 77.5 Å². The Morgan fingerprint density at radius 2 is 2.06 bits per heavy atom. The molecule has 1 heterocycles. The molecule has 5 heteroatoms. The van der Waals surface area contributed by atoms with Crippen LogP contribution < -0.4 is 15.8 Å². The van der Waals surface area contributed by atoms with Crippen molar-refractivity contribution in [2.45, 2.75) is 0 Å². The highest BCUT2D eigenvalue weighted by atomic mass is 16.5. The summed E-state index contributed by atoms with van der Waals surface area (Å²) in [6.07, 6.45) is 2.86. The molecule has 0 aliphatic heterocycles. The van der Waals surface area contributed by atoms with E-state index in [4.69, 9.17) is 14.9 Å². The SMILES string of the molecule is Nc1ccc(OCCNC(=O)c2ccoc2)cc1. The lowest BCUT2D eigenvalue weighted by Crippen LogP contribution is -2.27. The molecule has 0 fully saturated rings. The Kier molecular flexibility index (Phi) is 3.86. The van der Waals surface area contributed by atoms with Gasteiger partial charge in [0, 0.05) is 5.69 Å². The number of furan rings is 1. The standard InChI is InChI=1S/C13H14N2O3/c14-11-1-3-12(4-2-11)18-8-6-15-13(16)10-5-7-17-9-10/h1-5,7,9H,6,8,14H2,(H,15,16). The van der Waals surface area contributed by atoms with Gasteiger partial charge in [0.1, 0.15) is 18.6 Å². The fourth-order valence-electron chi connectivity index (χ4n) is 1.39. The fraction of sp³-hybridized carbons (Fsp3) is 0.154. The van der Waals surface area contributed by atoms with E-state index in [0.717, 1.165) is 5.75 Å². The van der Waals surface area contributed by atoms with Crippen LogP contribution in [0.3, 0.4) is 0 Å². The van der Waals surface area contributed by atoms with Crippen LogP contribution in [0.25, 0.3) is 0 Å². The molecule has 5 nitrogen and oxygen atoms in total. The summed E-state index contributed by atoms with van der Waals surface area (Å²) in [7, 11) is 0. The fourth-order valence-corrected chi connectivity index (χ4v) is 1.39. The molecule has 0 saturated heterocycles. The lowest BCUT2D eigenvalue weighted by Gasteiger charge is -2.07. The molecule has 0 unspecified atom stereocenters. The predicted octanol–water partition coefficient (Wildman–Crippen LogP) is 1.67. The van der Waals surface area contributed by atoms with Crippen molar-refractivity contribution in [1.82, 2.24) is 5.32 Å². The monoisotopic (exact) mass is 246 g/mol. The lowest BCUT2D eigenvalue weighted by atomic mass is 10.3. The first-order valence-electron chi connectivity index (χ1n) is 5.54. The normalized spacial score (nSPS) is 10.0. The van der Waals surface area contributed by atoms with Crippen LogP contribution in [-0.4, -0.2) is 19.1 Å². The zero-order valence-corrected chi connectivity index (χ0v) is 9.76. The maximum atomic E-state index is 11.5. The van der Waals surface area contributed by atoms with Crippen LogP contribution in [-0.2, 0) is 0 Å². The van der Waals surface area contributed by atoms with E-state index in [1.165, 1.54) is 12.5 Å². The second kappa shape index (κ2) is 5.77. The largest absolute Gasteiger partial charge is 0.492 e. The number of nitrogens with one attached hydrogen (secondary N) is 1. The zero-order chi connectivity index (χ0) is 12.8. The Bertz CT molecular complexity index is 491. The Balaban J connectivity index is 1.70. The van der Waals surface area contributed by atoms with Crippen molar-refractivity contribution >= 4 is 11.6 Å². The first-order valence-corrected chi connectivity index (χ1v) is 5.54. The molecule has 2 aromatic rings. The van der Waals surface area contributed by atoms with Crippen LogP contribution >= 0.6 is 0 Å². The van der Waals surface area contributed by atoms with E-state index in [0.29, 0.717) is 24.4 Å². The van der Waals surface area contributed by atoms with Gasteiger partial charge in [-0.1, -0.05) is 0 Å². The molecule has 2 rings (SSSR count). The number of anilines is 1.